The van der Waals surface area contributed by atoms with E-state index in [4.69, 9.17) is 16.7 Å². The van der Waals surface area contributed by atoms with Crippen LogP contribution in [-0.4, -0.2) is 16.1 Å². The first-order valence-electron chi connectivity index (χ1n) is 4.29. The Balaban J connectivity index is 0.00000106. The summed E-state index contributed by atoms with van der Waals surface area (Å²) in [5.41, 5.74) is -1.67. The number of nitrogens with zero attached hydrogens (tertiary/aromatic N) is 1. The number of carbonyl (C=O) groups is 1. The maximum absolute atomic E-state index is 12.0. The Bertz CT molecular complexity index is 380. The zero-order chi connectivity index (χ0) is 12.9. The summed E-state index contributed by atoms with van der Waals surface area (Å²) < 4.78 is 36.1. The normalized spacial score (nSPS) is 10.4. The van der Waals surface area contributed by atoms with Crippen LogP contribution in [0.25, 0.3) is 0 Å². The molecule has 0 bridgehead atoms. The smallest absolute Gasteiger partial charge is 0.433 e. The van der Waals surface area contributed by atoms with Crippen molar-refractivity contribution in [1.82, 2.24) is 4.98 Å². The molecule has 0 unspecified atom stereocenters. The Morgan fingerprint density at radius 1 is 1.38 bits per heavy atom. The molecule has 1 N–H and O–H groups in total. The molecule has 0 amide bonds. The highest BCUT2D eigenvalue weighted by Crippen LogP contribution is 2.29. The number of alkyl halides is 3. The van der Waals surface area contributed by atoms with Gasteiger partial charge >= 0.3 is 12.1 Å². The van der Waals surface area contributed by atoms with E-state index in [1.807, 2.05) is 13.8 Å². The lowest BCUT2D eigenvalue weighted by atomic mass is 10.2. The quantitative estimate of drug-likeness (QED) is 0.782. The van der Waals surface area contributed by atoms with Gasteiger partial charge in [0.05, 0.1) is 5.56 Å². The summed E-state index contributed by atoms with van der Waals surface area (Å²) in [6, 6.07) is 1.33. The van der Waals surface area contributed by atoms with Crippen molar-refractivity contribution in [2.75, 3.05) is 0 Å². The number of hydrogen-bond donors (Lipinski definition) is 1. The van der Waals surface area contributed by atoms with E-state index >= 15 is 0 Å². The highest BCUT2D eigenvalue weighted by molar-refractivity contribution is 6.32. The molecule has 0 aliphatic rings. The average Bonchev–Trinajstić information content (AvgIpc) is 2.18. The maximum Gasteiger partial charge on any atom is 0.433 e. The van der Waals surface area contributed by atoms with Gasteiger partial charge in [0, 0.05) is 0 Å². The van der Waals surface area contributed by atoms with Gasteiger partial charge in [-0.25, -0.2) is 9.78 Å². The zero-order valence-electron chi connectivity index (χ0n) is 8.47. The fraction of sp³-hybridized carbons (Fsp3) is 0.333. The van der Waals surface area contributed by atoms with Crippen molar-refractivity contribution in [2.24, 2.45) is 0 Å². The van der Waals surface area contributed by atoms with E-state index in [0.717, 1.165) is 6.07 Å². The molecular formula is C9H9ClF3NO2. The van der Waals surface area contributed by atoms with Crippen LogP contribution < -0.4 is 0 Å². The fourth-order valence-corrected chi connectivity index (χ4v) is 0.987. The number of carboxylic acid groups (broad SMARTS) is 1. The van der Waals surface area contributed by atoms with Crippen LogP contribution in [0.15, 0.2) is 12.1 Å². The van der Waals surface area contributed by atoms with Crippen molar-refractivity contribution in [3.05, 3.63) is 28.5 Å². The Hall–Kier alpha value is -1.30. The van der Waals surface area contributed by atoms with E-state index in [2.05, 4.69) is 4.98 Å². The summed E-state index contributed by atoms with van der Waals surface area (Å²) in [7, 11) is 0. The first-order chi connectivity index (χ1) is 7.32. The van der Waals surface area contributed by atoms with Crippen LogP contribution in [0.3, 0.4) is 0 Å². The SMILES string of the molecule is CC.O=C(O)c1ccc(C(F)(F)F)nc1Cl. The number of aromatic carboxylic acids is 1. The van der Waals surface area contributed by atoms with Gasteiger partial charge in [0.2, 0.25) is 0 Å². The third-order valence-electron chi connectivity index (χ3n) is 1.37. The van der Waals surface area contributed by atoms with E-state index in [1.54, 1.807) is 0 Å². The summed E-state index contributed by atoms with van der Waals surface area (Å²) in [5, 5.41) is 7.78. The second kappa shape index (κ2) is 5.69. The molecule has 7 heteroatoms. The van der Waals surface area contributed by atoms with Crippen LogP contribution in [0.4, 0.5) is 13.2 Å². The fourth-order valence-electron chi connectivity index (χ4n) is 0.752. The molecule has 0 saturated heterocycles. The van der Waals surface area contributed by atoms with Gasteiger partial charge in [0.25, 0.3) is 0 Å². The van der Waals surface area contributed by atoms with Crippen molar-refractivity contribution in [1.29, 1.82) is 0 Å². The van der Waals surface area contributed by atoms with Gasteiger partial charge in [-0.05, 0) is 12.1 Å². The Morgan fingerprint density at radius 3 is 2.19 bits per heavy atom. The van der Waals surface area contributed by atoms with Crippen molar-refractivity contribution in [3.8, 4) is 0 Å². The minimum atomic E-state index is -4.62. The van der Waals surface area contributed by atoms with Crippen LogP contribution in [0.2, 0.25) is 5.15 Å². The topological polar surface area (TPSA) is 50.2 Å². The maximum atomic E-state index is 12.0. The van der Waals surface area contributed by atoms with Gasteiger partial charge in [0.1, 0.15) is 10.8 Å². The number of halogens is 4. The van der Waals surface area contributed by atoms with E-state index in [9.17, 15) is 18.0 Å². The molecule has 0 atom stereocenters. The predicted molar refractivity (Wildman–Crippen MR) is 52.6 cm³/mol. The van der Waals surface area contributed by atoms with E-state index in [-0.39, 0.29) is 0 Å². The lowest BCUT2D eigenvalue weighted by Crippen LogP contribution is -2.10. The molecule has 1 aromatic heterocycles. The Kier molecular flexibility index (Phi) is 5.23. The summed E-state index contributed by atoms with van der Waals surface area (Å²) in [5.74, 6) is -1.42. The minimum Gasteiger partial charge on any atom is -0.478 e. The van der Waals surface area contributed by atoms with Crippen molar-refractivity contribution in [3.63, 3.8) is 0 Å². The van der Waals surface area contributed by atoms with Gasteiger partial charge in [-0.2, -0.15) is 13.2 Å². The first-order valence-corrected chi connectivity index (χ1v) is 4.67. The summed E-state index contributed by atoms with van der Waals surface area (Å²) >= 11 is 5.24. The molecule has 1 heterocycles. The van der Waals surface area contributed by atoms with Crippen molar-refractivity contribution in [2.45, 2.75) is 20.0 Å². The van der Waals surface area contributed by atoms with E-state index in [1.165, 1.54) is 0 Å². The zero-order valence-corrected chi connectivity index (χ0v) is 9.23. The number of pyridine rings is 1. The van der Waals surface area contributed by atoms with Gasteiger partial charge in [-0.3, -0.25) is 0 Å². The number of hydrogen-bond acceptors (Lipinski definition) is 2. The monoisotopic (exact) mass is 255 g/mol. The molecule has 0 radical (unpaired) electrons. The molecule has 1 aromatic rings. The van der Waals surface area contributed by atoms with Crippen molar-refractivity contribution >= 4 is 17.6 Å². The second-order valence-corrected chi connectivity index (χ2v) is 2.70. The second-order valence-electron chi connectivity index (χ2n) is 2.34. The molecule has 1 rings (SSSR count). The van der Waals surface area contributed by atoms with Gasteiger partial charge in [-0.1, -0.05) is 25.4 Å². The van der Waals surface area contributed by atoms with Gasteiger partial charge < -0.3 is 5.11 Å². The minimum absolute atomic E-state index is 0.459. The molecule has 0 saturated carbocycles. The van der Waals surface area contributed by atoms with E-state index < -0.39 is 28.6 Å². The molecular weight excluding hydrogens is 247 g/mol. The Morgan fingerprint density at radius 2 is 1.88 bits per heavy atom. The predicted octanol–water partition coefficient (Wildman–Crippen LogP) is 3.48. The highest BCUT2D eigenvalue weighted by Gasteiger charge is 2.33. The van der Waals surface area contributed by atoms with Crippen molar-refractivity contribution < 1.29 is 23.1 Å². The number of aromatic nitrogens is 1. The van der Waals surface area contributed by atoms with E-state index in [0.29, 0.717) is 6.07 Å². The molecule has 16 heavy (non-hydrogen) atoms. The molecule has 0 aliphatic carbocycles. The molecule has 0 aromatic carbocycles. The van der Waals surface area contributed by atoms with Crippen LogP contribution in [0.1, 0.15) is 29.9 Å². The number of carboxylic acids is 1. The lowest BCUT2D eigenvalue weighted by Gasteiger charge is -2.06. The highest BCUT2D eigenvalue weighted by atomic mass is 35.5. The number of rotatable bonds is 1. The third-order valence-corrected chi connectivity index (χ3v) is 1.66. The molecule has 90 valence electrons. The molecule has 0 spiro atoms. The summed E-state index contributed by atoms with van der Waals surface area (Å²) in [6.45, 7) is 4.00. The lowest BCUT2D eigenvalue weighted by molar-refractivity contribution is -0.141. The summed E-state index contributed by atoms with van der Waals surface area (Å²) in [4.78, 5) is 13.3. The standard InChI is InChI=1S/C7H3ClF3NO2.C2H6/c8-5-3(6(13)14)1-2-4(12-5)7(9,10)11;1-2/h1-2H,(H,13,14);1-2H3. The van der Waals surface area contributed by atoms with Crippen LogP contribution in [0, 0.1) is 0 Å². The van der Waals surface area contributed by atoms with Gasteiger partial charge in [-0.15, -0.1) is 0 Å². The van der Waals surface area contributed by atoms with Crippen LogP contribution in [-0.2, 0) is 6.18 Å². The first kappa shape index (κ1) is 14.7. The summed E-state index contributed by atoms with van der Waals surface area (Å²) in [6.07, 6.45) is -4.62. The van der Waals surface area contributed by atoms with Crippen LogP contribution >= 0.6 is 11.6 Å². The molecule has 0 aliphatic heterocycles. The Labute approximate surface area is 94.9 Å². The molecule has 0 fully saturated rings. The average molecular weight is 256 g/mol. The van der Waals surface area contributed by atoms with Gasteiger partial charge in [0.15, 0.2) is 0 Å². The molecule has 3 nitrogen and oxygen atoms in total. The van der Waals surface area contributed by atoms with Crippen LogP contribution in [0.5, 0.6) is 0 Å². The third kappa shape index (κ3) is 3.69. The largest absolute Gasteiger partial charge is 0.478 e.